The van der Waals surface area contributed by atoms with Crippen molar-refractivity contribution in [3.63, 3.8) is 0 Å². The van der Waals surface area contributed by atoms with E-state index in [1.807, 2.05) is 15.9 Å². The number of amides is 3. The number of carbonyl (C=O) groups excluding carboxylic acids is 3. The highest BCUT2D eigenvalue weighted by Gasteiger charge is 2.24. The third-order valence-corrected chi connectivity index (χ3v) is 11.9. The molecule has 0 saturated carbocycles. The molecule has 0 bridgehead atoms. The van der Waals surface area contributed by atoms with Gasteiger partial charge in [-0.15, -0.1) is 0 Å². The van der Waals surface area contributed by atoms with Crippen LogP contribution in [0.25, 0.3) is 22.3 Å². The van der Waals surface area contributed by atoms with Gasteiger partial charge >= 0.3 is 0 Å². The van der Waals surface area contributed by atoms with E-state index >= 15 is 0 Å². The molecule has 0 spiro atoms. The number of benzene rings is 2. The molecule has 64 heavy (non-hydrogen) atoms. The van der Waals surface area contributed by atoms with Crippen molar-refractivity contribution in [3.05, 3.63) is 77.4 Å². The number of hydrogen-bond donors (Lipinski definition) is 5. The second-order valence-electron chi connectivity index (χ2n) is 16.1. The maximum Gasteiger partial charge on any atom is 0.254 e. The van der Waals surface area contributed by atoms with Crippen LogP contribution in [0.15, 0.2) is 55.1 Å². The minimum Gasteiger partial charge on any atom is -0.506 e. The van der Waals surface area contributed by atoms with Crippen LogP contribution in [0.4, 0.5) is 17.5 Å². The lowest BCUT2D eigenvalue weighted by molar-refractivity contribution is -0.133. The van der Waals surface area contributed by atoms with Gasteiger partial charge in [-0.1, -0.05) is 18.2 Å². The molecule has 0 unspecified atom stereocenters. The van der Waals surface area contributed by atoms with E-state index in [0.29, 0.717) is 78.9 Å². The summed E-state index contributed by atoms with van der Waals surface area (Å²) in [5.41, 5.74) is 18.0. The minimum absolute atomic E-state index is 0.0119. The number of nitrogens with zero attached hydrogens (tertiary/aromatic N) is 10. The van der Waals surface area contributed by atoms with E-state index in [1.165, 1.54) is 30.4 Å². The lowest BCUT2D eigenvalue weighted by atomic mass is 9.97. The molecule has 20 nitrogen and oxygen atoms in total. The van der Waals surface area contributed by atoms with Crippen LogP contribution in [-0.4, -0.2) is 166 Å². The molecular formula is C44H56N14O6. The molecule has 2 aromatic carbocycles. The van der Waals surface area contributed by atoms with Crippen LogP contribution in [0.1, 0.15) is 39.9 Å². The van der Waals surface area contributed by atoms with Crippen LogP contribution in [0.2, 0.25) is 0 Å². The van der Waals surface area contributed by atoms with Gasteiger partial charge in [0.25, 0.3) is 5.91 Å². The Morgan fingerprint density at radius 2 is 1.55 bits per heavy atom. The number of carbonyl (C=O) groups is 3. The number of aromatic nitrogens is 6. The first kappa shape index (κ1) is 44.1. The van der Waals surface area contributed by atoms with Crippen molar-refractivity contribution in [3.8, 4) is 17.0 Å². The second kappa shape index (κ2) is 20.8. The summed E-state index contributed by atoms with van der Waals surface area (Å²) in [7, 11) is 0. The van der Waals surface area contributed by atoms with Crippen LogP contribution in [0.3, 0.4) is 0 Å². The smallest absolute Gasteiger partial charge is 0.254 e. The summed E-state index contributed by atoms with van der Waals surface area (Å²) in [4.78, 5) is 63.9. The van der Waals surface area contributed by atoms with Crippen molar-refractivity contribution in [2.24, 2.45) is 0 Å². The van der Waals surface area contributed by atoms with E-state index in [1.54, 1.807) is 16.8 Å². The number of anilines is 3. The van der Waals surface area contributed by atoms with Crippen LogP contribution in [-0.2, 0) is 38.6 Å². The molecule has 3 aromatic heterocycles. The number of phenols is 1. The van der Waals surface area contributed by atoms with Gasteiger partial charge < -0.3 is 51.4 Å². The first-order chi connectivity index (χ1) is 31.2. The van der Waals surface area contributed by atoms with Crippen molar-refractivity contribution < 1.29 is 29.0 Å². The van der Waals surface area contributed by atoms with E-state index in [-0.39, 0.29) is 55.3 Å². The summed E-state index contributed by atoms with van der Waals surface area (Å²) in [5, 5.41) is 21.5. The van der Waals surface area contributed by atoms with E-state index in [4.69, 9.17) is 26.0 Å². The molecule has 0 radical (unpaired) electrons. The molecule has 6 heterocycles. The van der Waals surface area contributed by atoms with E-state index < -0.39 is 0 Å². The van der Waals surface area contributed by atoms with Gasteiger partial charge in [0.05, 0.1) is 62.5 Å². The number of nitrogen functional groups attached to an aromatic ring is 2. The highest BCUT2D eigenvalue weighted by atomic mass is 16.5. The Balaban J connectivity index is 0.710. The molecule has 7 N–H and O–H groups in total. The third kappa shape index (κ3) is 10.8. The standard InChI is InChI=1S/C44H56N14O6/c45-35-24-32(3-4-36(35)59)40-39-41(46)51-29-52-42(39)58(53-40)27-30-1-2-33-28-57(11-5-31(33)23-30)38(61)7-19-63-21-10-48-43(62)34-25-49-44(50-26-34)56-16-14-54(15-17-56)18-22-64-20-6-37(60)55-12-8-47-9-13-55/h1-4,23-26,29,47,59H,5-22,27-28,45H2,(H,48,62)(H2,46,51,52). The maximum atomic E-state index is 13.1. The number of nitrogens with two attached hydrogens (primary N) is 2. The SMILES string of the molecule is Nc1cc(-c2nn(Cc3ccc4c(c3)CCN(C(=O)CCOCCNC(=O)c3cnc(N5CCN(CCOCCC(=O)N6CCNCC6)CC5)nc3)C4)c3ncnc(N)c23)ccc1O. The van der Waals surface area contributed by atoms with E-state index in [9.17, 15) is 19.5 Å². The highest BCUT2D eigenvalue weighted by Crippen LogP contribution is 2.34. The lowest BCUT2D eigenvalue weighted by Gasteiger charge is -2.34. The molecule has 3 amide bonds. The van der Waals surface area contributed by atoms with Gasteiger partial charge in [-0.3, -0.25) is 19.3 Å². The normalized spacial score (nSPS) is 15.7. The van der Waals surface area contributed by atoms with Crippen molar-refractivity contribution >= 4 is 46.2 Å². The zero-order valence-electron chi connectivity index (χ0n) is 36.0. The largest absolute Gasteiger partial charge is 0.506 e. The maximum absolute atomic E-state index is 13.1. The van der Waals surface area contributed by atoms with Gasteiger partial charge in [0.1, 0.15) is 23.6 Å². The van der Waals surface area contributed by atoms with Gasteiger partial charge in [-0.05, 0) is 41.3 Å². The molecule has 5 aromatic rings. The molecule has 3 aliphatic heterocycles. The number of hydrogen-bond acceptors (Lipinski definition) is 16. The van der Waals surface area contributed by atoms with Crippen molar-refractivity contribution in [2.75, 3.05) is 115 Å². The second-order valence-corrected chi connectivity index (χ2v) is 16.1. The minimum atomic E-state index is -0.290. The van der Waals surface area contributed by atoms with Gasteiger partial charge in [-0.25, -0.2) is 24.6 Å². The fraction of sp³-hybridized carbons (Fsp3) is 0.455. The van der Waals surface area contributed by atoms with Gasteiger partial charge in [0.15, 0.2) is 5.65 Å². The lowest BCUT2D eigenvalue weighted by Crippen LogP contribution is -2.48. The number of rotatable bonds is 17. The molecule has 2 fully saturated rings. The number of ether oxygens (including phenoxy) is 2. The summed E-state index contributed by atoms with van der Waals surface area (Å²) in [6, 6.07) is 11.1. The Kier molecular flexibility index (Phi) is 14.3. The number of piperazine rings is 2. The first-order valence-corrected chi connectivity index (χ1v) is 21.9. The van der Waals surface area contributed by atoms with E-state index in [0.717, 1.165) is 76.5 Å². The van der Waals surface area contributed by atoms with Gasteiger partial charge in [0.2, 0.25) is 17.8 Å². The monoisotopic (exact) mass is 876 g/mol. The Hall–Kier alpha value is -6.48. The topological polar surface area (TPSA) is 248 Å². The average molecular weight is 877 g/mol. The van der Waals surface area contributed by atoms with Gasteiger partial charge in [0, 0.05) is 96.5 Å². The molecule has 0 aliphatic carbocycles. The molecule has 8 rings (SSSR count). The first-order valence-electron chi connectivity index (χ1n) is 21.9. The molecule has 338 valence electrons. The number of phenolic OH excluding ortho intramolecular Hbond substituents is 1. The Morgan fingerprint density at radius 3 is 2.31 bits per heavy atom. The number of aromatic hydroxyl groups is 1. The fourth-order valence-electron chi connectivity index (χ4n) is 8.19. The van der Waals surface area contributed by atoms with Crippen LogP contribution < -0.4 is 27.0 Å². The predicted molar refractivity (Wildman–Crippen MR) is 239 cm³/mol. The molecule has 0 atom stereocenters. The molecular weight excluding hydrogens is 821 g/mol. The highest BCUT2D eigenvalue weighted by molar-refractivity contribution is 5.98. The zero-order valence-corrected chi connectivity index (χ0v) is 36.0. The number of nitrogens with one attached hydrogen (secondary N) is 2. The summed E-state index contributed by atoms with van der Waals surface area (Å²) in [6.45, 7) is 10.6. The Morgan fingerprint density at radius 1 is 0.797 bits per heavy atom. The van der Waals surface area contributed by atoms with Crippen LogP contribution in [0, 0.1) is 0 Å². The Labute approximate surface area is 370 Å². The summed E-state index contributed by atoms with van der Waals surface area (Å²) in [5.74, 6) is 0.756. The zero-order chi connectivity index (χ0) is 44.4. The quantitative estimate of drug-likeness (QED) is 0.0494. The van der Waals surface area contributed by atoms with Crippen molar-refractivity contribution in [1.29, 1.82) is 0 Å². The van der Waals surface area contributed by atoms with Crippen LogP contribution in [0.5, 0.6) is 5.75 Å². The Bertz CT molecular complexity index is 2420. The van der Waals surface area contributed by atoms with Crippen molar-refractivity contribution in [2.45, 2.75) is 32.4 Å². The van der Waals surface area contributed by atoms with Crippen molar-refractivity contribution in [1.82, 2.24) is 55.0 Å². The van der Waals surface area contributed by atoms with E-state index in [2.05, 4.69) is 52.5 Å². The average Bonchev–Trinajstić information content (AvgIpc) is 3.70. The molecule has 3 aliphatic rings. The number of fused-ring (bicyclic) bond motifs is 2. The molecule has 2 saturated heterocycles. The third-order valence-electron chi connectivity index (χ3n) is 11.9. The summed E-state index contributed by atoms with van der Waals surface area (Å²) in [6.07, 6.45) is 5.87. The summed E-state index contributed by atoms with van der Waals surface area (Å²) >= 11 is 0. The molecule has 20 heteroatoms. The van der Waals surface area contributed by atoms with Crippen LogP contribution >= 0.6 is 0 Å². The van der Waals surface area contributed by atoms with Gasteiger partial charge in [-0.2, -0.15) is 5.10 Å². The fourth-order valence-corrected chi connectivity index (χ4v) is 8.19. The predicted octanol–water partition coefficient (Wildman–Crippen LogP) is 0.884. The summed E-state index contributed by atoms with van der Waals surface area (Å²) < 4.78 is 13.2.